The van der Waals surface area contributed by atoms with Crippen molar-refractivity contribution in [3.63, 3.8) is 0 Å². The lowest BCUT2D eigenvalue weighted by Crippen LogP contribution is -2.17. The van der Waals surface area contributed by atoms with Crippen LogP contribution in [0.15, 0.2) is 18.2 Å². The molecule has 2 nitrogen and oxygen atoms in total. The zero-order valence-electron chi connectivity index (χ0n) is 6.84. The molecule has 1 heterocycles. The van der Waals surface area contributed by atoms with E-state index >= 15 is 0 Å². The van der Waals surface area contributed by atoms with Crippen molar-refractivity contribution in [3.05, 3.63) is 28.8 Å². The average Bonchev–Trinajstić information content (AvgIpc) is 2.04. The zero-order valence-corrected chi connectivity index (χ0v) is 8.41. The molecule has 0 saturated heterocycles. The molecule has 0 fully saturated rings. The third-order valence-electron chi connectivity index (χ3n) is 1.95. The summed E-state index contributed by atoms with van der Waals surface area (Å²) in [6, 6.07) is 5.30. The van der Waals surface area contributed by atoms with Crippen LogP contribution in [0.1, 0.15) is 16.8 Å². The van der Waals surface area contributed by atoms with Gasteiger partial charge in [0.25, 0.3) is 0 Å². The summed E-state index contributed by atoms with van der Waals surface area (Å²) < 4.78 is 0. The molecule has 1 N–H and O–H groups in total. The maximum atomic E-state index is 11.3. The van der Waals surface area contributed by atoms with E-state index in [0.29, 0.717) is 18.0 Å². The first-order valence-electron chi connectivity index (χ1n) is 3.84. The minimum Gasteiger partial charge on any atom is -0.384 e. The van der Waals surface area contributed by atoms with E-state index in [1.807, 2.05) is 0 Å². The van der Waals surface area contributed by atoms with Gasteiger partial charge < -0.3 is 5.32 Å². The predicted molar refractivity (Wildman–Crippen MR) is 56.1 cm³/mol. The Bertz CT molecular complexity index is 338. The summed E-state index contributed by atoms with van der Waals surface area (Å²) >= 11 is 5.77. The van der Waals surface area contributed by atoms with E-state index in [-0.39, 0.29) is 18.2 Å². The average molecular weight is 218 g/mol. The van der Waals surface area contributed by atoms with Crippen LogP contribution >= 0.6 is 24.0 Å². The van der Waals surface area contributed by atoms with E-state index in [1.54, 1.807) is 18.2 Å². The predicted octanol–water partition coefficient (Wildman–Crippen LogP) is 2.76. The molecule has 2 rings (SSSR count). The van der Waals surface area contributed by atoms with Crippen molar-refractivity contribution in [2.75, 3.05) is 11.9 Å². The summed E-state index contributed by atoms with van der Waals surface area (Å²) in [5, 5.41) is 3.79. The number of anilines is 1. The second-order valence-electron chi connectivity index (χ2n) is 2.79. The molecule has 0 spiro atoms. The fraction of sp³-hybridized carbons (Fsp3) is 0.222. The molecule has 0 atom stereocenters. The van der Waals surface area contributed by atoms with Crippen molar-refractivity contribution >= 4 is 35.5 Å². The molecule has 1 aliphatic heterocycles. The van der Waals surface area contributed by atoms with Gasteiger partial charge in [0.1, 0.15) is 0 Å². The largest absolute Gasteiger partial charge is 0.384 e. The molecule has 0 aromatic heterocycles. The number of carbonyl (C=O) groups excluding carboxylic acids is 1. The van der Waals surface area contributed by atoms with Crippen molar-refractivity contribution < 1.29 is 4.79 Å². The first-order chi connectivity index (χ1) is 5.77. The molecule has 0 saturated carbocycles. The first kappa shape index (κ1) is 10.4. The highest BCUT2D eigenvalue weighted by atomic mass is 35.5. The summed E-state index contributed by atoms with van der Waals surface area (Å²) in [7, 11) is 0. The number of carbonyl (C=O) groups is 1. The highest BCUT2D eigenvalue weighted by Gasteiger charge is 2.15. The Morgan fingerprint density at radius 3 is 2.92 bits per heavy atom. The van der Waals surface area contributed by atoms with Gasteiger partial charge in [-0.15, -0.1) is 12.4 Å². The second-order valence-corrected chi connectivity index (χ2v) is 3.23. The lowest BCUT2D eigenvalue weighted by molar-refractivity contribution is 0.0984. The summed E-state index contributed by atoms with van der Waals surface area (Å²) in [5.74, 6) is 0.195. The van der Waals surface area contributed by atoms with Crippen molar-refractivity contribution in [2.24, 2.45) is 0 Å². The topological polar surface area (TPSA) is 29.1 Å². The molecule has 0 aliphatic carbocycles. The Kier molecular flexibility index (Phi) is 3.17. The van der Waals surface area contributed by atoms with Gasteiger partial charge >= 0.3 is 0 Å². The molecule has 1 aromatic rings. The van der Waals surface area contributed by atoms with Gasteiger partial charge in [-0.25, -0.2) is 0 Å². The van der Waals surface area contributed by atoms with E-state index in [2.05, 4.69) is 5.32 Å². The molecular formula is C9H9Cl2NO. The van der Waals surface area contributed by atoms with Gasteiger partial charge in [-0.1, -0.05) is 11.6 Å². The fourth-order valence-electron chi connectivity index (χ4n) is 1.35. The fourth-order valence-corrected chi connectivity index (χ4v) is 1.52. The number of fused-ring (bicyclic) bond motifs is 1. The van der Waals surface area contributed by atoms with Gasteiger partial charge in [0.05, 0.1) is 0 Å². The molecular weight excluding hydrogens is 209 g/mol. The molecule has 4 heteroatoms. The van der Waals surface area contributed by atoms with E-state index in [1.165, 1.54) is 0 Å². The normalized spacial score (nSPS) is 14.1. The highest BCUT2D eigenvalue weighted by Crippen LogP contribution is 2.24. The maximum absolute atomic E-state index is 11.3. The molecule has 0 unspecified atom stereocenters. The number of Topliss-reactive ketones (excluding diaryl/α,β-unsaturated/α-hetero) is 1. The number of benzene rings is 1. The Hall–Kier alpha value is -0.730. The third-order valence-corrected chi connectivity index (χ3v) is 2.18. The molecule has 0 bridgehead atoms. The minimum absolute atomic E-state index is 0. The van der Waals surface area contributed by atoms with Crippen LogP contribution < -0.4 is 5.32 Å². The molecule has 1 aromatic carbocycles. The van der Waals surface area contributed by atoms with Crippen LogP contribution in [-0.4, -0.2) is 12.3 Å². The SMILES string of the molecule is Cl.O=C1CCNc2cc(Cl)ccc21. The summed E-state index contributed by atoms with van der Waals surface area (Å²) in [6.07, 6.45) is 0.578. The van der Waals surface area contributed by atoms with E-state index in [4.69, 9.17) is 11.6 Å². The van der Waals surface area contributed by atoms with Crippen molar-refractivity contribution in [1.82, 2.24) is 0 Å². The zero-order chi connectivity index (χ0) is 8.55. The Balaban J connectivity index is 0.000000845. The molecule has 0 amide bonds. The van der Waals surface area contributed by atoms with Gasteiger partial charge in [0.15, 0.2) is 5.78 Å². The lowest BCUT2D eigenvalue weighted by atomic mass is 10.0. The summed E-state index contributed by atoms with van der Waals surface area (Å²) in [6.45, 7) is 0.714. The monoisotopic (exact) mass is 217 g/mol. The molecule has 0 radical (unpaired) electrons. The number of halogens is 2. The third kappa shape index (κ3) is 1.95. The molecule has 70 valence electrons. The number of hydrogen-bond acceptors (Lipinski definition) is 2. The maximum Gasteiger partial charge on any atom is 0.166 e. The van der Waals surface area contributed by atoms with Crippen molar-refractivity contribution in [3.8, 4) is 0 Å². The summed E-state index contributed by atoms with van der Waals surface area (Å²) in [4.78, 5) is 11.3. The van der Waals surface area contributed by atoms with Gasteiger partial charge in [-0.3, -0.25) is 4.79 Å². The second kappa shape index (κ2) is 3.99. The van der Waals surface area contributed by atoms with Crippen LogP contribution in [-0.2, 0) is 0 Å². The van der Waals surface area contributed by atoms with Gasteiger partial charge in [0, 0.05) is 29.2 Å². The van der Waals surface area contributed by atoms with E-state index < -0.39 is 0 Å². The highest BCUT2D eigenvalue weighted by molar-refractivity contribution is 6.31. The smallest absolute Gasteiger partial charge is 0.166 e. The van der Waals surface area contributed by atoms with Gasteiger partial charge in [0.2, 0.25) is 0 Å². The van der Waals surface area contributed by atoms with Crippen molar-refractivity contribution in [2.45, 2.75) is 6.42 Å². The number of ketones is 1. The van der Waals surface area contributed by atoms with Gasteiger partial charge in [-0.05, 0) is 18.2 Å². The standard InChI is InChI=1S/C9H8ClNO.ClH/c10-6-1-2-7-8(5-6)11-4-3-9(7)12;/h1-2,5,11H,3-4H2;1H. The number of nitrogens with one attached hydrogen (secondary N) is 1. The van der Waals surface area contributed by atoms with E-state index in [9.17, 15) is 4.79 Å². The lowest BCUT2D eigenvalue weighted by Gasteiger charge is -2.16. The number of rotatable bonds is 0. The van der Waals surface area contributed by atoms with Crippen molar-refractivity contribution in [1.29, 1.82) is 0 Å². The van der Waals surface area contributed by atoms with Crippen LogP contribution in [0.3, 0.4) is 0 Å². The first-order valence-corrected chi connectivity index (χ1v) is 4.22. The Labute approximate surface area is 87.7 Å². The minimum atomic E-state index is 0. The Morgan fingerprint density at radius 2 is 2.15 bits per heavy atom. The van der Waals surface area contributed by atoms with Crippen LogP contribution in [0.2, 0.25) is 5.02 Å². The van der Waals surface area contributed by atoms with Crippen LogP contribution in [0.4, 0.5) is 5.69 Å². The summed E-state index contributed by atoms with van der Waals surface area (Å²) in [5.41, 5.74) is 1.62. The quantitative estimate of drug-likeness (QED) is 0.725. The Morgan fingerprint density at radius 1 is 1.38 bits per heavy atom. The van der Waals surface area contributed by atoms with Gasteiger partial charge in [-0.2, -0.15) is 0 Å². The molecule has 1 aliphatic rings. The molecule has 13 heavy (non-hydrogen) atoms. The van der Waals surface area contributed by atoms with E-state index in [0.717, 1.165) is 11.3 Å². The van der Waals surface area contributed by atoms with Crippen LogP contribution in [0, 0.1) is 0 Å². The number of hydrogen-bond donors (Lipinski definition) is 1. The van der Waals surface area contributed by atoms with Crippen LogP contribution in [0.5, 0.6) is 0 Å². The van der Waals surface area contributed by atoms with Crippen LogP contribution in [0.25, 0.3) is 0 Å².